The predicted molar refractivity (Wildman–Crippen MR) is 146 cm³/mol. The molecule has 1 heterocycles. The van der Waals surface area contributed by atoms with Crippen LogP contribution in [0.3, 0.4) is 0 Å². The maximum absolute atomic E-state index is 13.9. The number of anilines is 1. The number of sulfonamides is 1. The number of hydrogen-bond acceptors (Lipinski definition) is 8. The molecule has 4 unspecified atom stereocenters. The van der Waals surface area contributed by atoms with Gasteiger partial charge in [0.05, 0.1) is 48.1 Å². The van der Waals surface area contributed by atoms with Crippen LogP contribution < -0.4 is 4.72 Å². The van der Waals surface area contributed by atoms with Gasteiger partial charge in [-0.1, -0.05) is 24.3 Å². The minimum atomic E-state index is -3.92. The lowest BCUT2D eigenvalue weighted by atomic mass is 9.87. The number of sulfone groups is 1. The van der Waals surface area contributed by atoms with Crippen LogP contribution in [-0.2, 0) is 40.7 Å². The number of hydrogen-bond donors (Lipinski definition) is 1. The van der Waals surface area contributed by atoms with Gasteiger partial charge in [0.1, 0.15) is 5.82 Å². The van der Waals surface area contributed by atoms with E-state index < -0.39 is 55.3 Å². The summed E-state index contributed by atoms with van der Waals surface area (Å²) in [5.74, 6) is -2.54. The fourth-order valence-corrected chi connectivity index (χ4v) is 7.87. The van der Waals surface area contributed by atoms with Crippen LogP contribution in [0, 0.1) is 23.6 Å². The second-order valence-corrected chi connectivity index (χ2v) is 14.0. The summed E-state index contributed by atoms with van der Waals surface area (Å²) in [5.41, 5.74) is 0.968. The van der Waals surface area contributed by atoms with E-state index in [1.807, 2.05) is 12.2 Å². The van der Waals surface area contributed by atoms with Gasteiger partial charge in [-0.25, -0.2) is 21.2 Å². The Morgan fingerprint density at radius 2 is 1.82 bits per heavy atom. The third-order valence-electron chi connectivity index (χ3n) is 7.43. The Morgan fingerprint density at radius 3 is 2.50 bits per heavy atom. The molecule has 1 aliphatic heterocycles. The highest BCUT2D eigenvalue weighted by atomic mass is 32.2. The van der Waals surface area contributed by atoms with E-state index in [9.17, 15) is 30.8 Å². The lowest BCUT2D eigenvalue weighted by Gasteiger charge is -2.37. The molecule has 40 heavy (non-hydrogen) atoms. The smallest absolute Gasteiger partial charge is 0.311 e. The highest BCUT2D eigenvalue weighted by Gasteiger charge is 2.52. The number of amides is 1. The molecule has 1 amide bonds. The summed E-state index contributed by atoms with van der Waals surface area (Å²) in [7, 11) is -6.24. The summed E-state index contributed by atoms with van der Waals surface area (Å²) in [6, 6.07) is 9.17. The molecular weight excluding hydrogens is 561 g/mol. The molecular formula is C27H28FN3O7S2. The van der Waals surface area contributed by atoms with Crippen molar-refractivity contribution in [2.75, 3.05) is 23.8 Å². The number of rotatable bonds is 8. The summed E-state index contributed by atoms with van der Waals surface area (Å²) in [6.07, 6.45) is 5.28. The number of benzene rings is 2. The largest absolute Gasteiger partial charge is 0.469 e. The Hall–Kier alpha value is -3.58. The molecule has 2 aromatic rings. The number of esters is 1. The highest BCUT2D eigenvalue weighted by molar-refractivity contribution is 7.92. The monoisotopic (exact) mass is 589 g/mol. The van der Waals surface area contributed by atoms with E-state index in [-0.39, 0.29) is 46.8 Å². The molecule has 0 spiro atoms. The first-order chi connectivity index (χ1) is 18.8. The number of nitrogens with zero attached hydrogens (tertiary/aromatic N) is 2. The van der Waals surface area contributed by atoms with Crippen molar-refractivity contribution in [3.8, 4) is 0 Å². The Labute approximate surface area is 231 Å². The summed E-state index contributed by atoms with van der Waals surface area (Å²) in [4.78, 5) is 32.5. The van der Waals surface area contributed by atoms with Gasteiger partial charge in [-0.15, -0.1) is 0 Å². The number of allylic oxidation sites excluding steroid dienone is 1. The minimum absolute atomic E-state index is 0.0833. The van der Waals surface area contributed by atoms with Crippen LogP contribution in [0.4, 0.5) is 15.8 Å². The van der Waals surface area contributed by atoms with Crippen molar-refractivity contribution in [1.29, 1.82) is 0 Å². The number of fused-ring (bicyclic) bond motifs is 3. The van der Waals surface area contributed by atoms with E-state index in [4.69, 9.17) is 4.74 Å². The summed E-state index contributed by atoms with van der Waals surface area (Å²) in [6.45, 7) is 0.0888. The number of aliphatic imine (C=N–C) groups is 1. The first-order valence-electron chi connectivity index (χ1n) is 12.6. The van der Waals surface area contributed by atoms with Crippen LogP contribution in [0.5, 0.6) is 0 Å². The molecule has 212 valence electrons. The van der Waals surface area contributed by atoms with Gasteiger partial charge < -0.3 is 9.64 Å². The van der Waals surface area contributed by atoms with Crippen molar-refractivity contribution < 1.29 is 35.6 Å². The third-order valence-corrected chi connectivity index (χ3v) is 9.74. The first kappa shape index (κ1) is 28.0. The fourth-order valence-electron chi connectivity index (χ4n) is 5.82. The van der Waals surface area contributed by atoms with E-state index in [2.05, 4.69) is 9.71 Å². The Balaban J connectivity index is 1.46. The summed E-state index contributed by atoms with van der Waals surface area (Å²) < 4.78 is 70.3. The van der Waals surface area contributed by atoms with E-state index in [0.717, 1.165) is 6.26 Å². The Kier molecular flexibility index (Phi) is 7.29. The molecule has 1 saturated carbocycles. The number of methoxy groups -OCH3 is 1. The maximum Gasteiger partial charge on any atom is 0.311 e. The zero-order chi connectivity index (χ0) is 28.8. The molecule has 1 N–H and O–H groups in total. The van der Waals surface area contributed by atoms with Gasteiger partial charge in [-0.2, -0.15) is 0 Å². The van der Waals surface area contributed by atoms with Gasteiger partial charge >= 0.3 is 5.97 Å². The van der Waals surface area contributed by atoms with Gasteiger partial charge in [0.25, 0.3) is 0 Å². The first-order valence-corrected chi connectivity index (χ1v) is 16.1. The number of ether oxygens (including phenoxy) is 1. The second-order valence-electron chi connectivity index (χ2n) is 10.3. The highest BCUT2D eigenvalue weighted by Crippen LogP contribution is 2.47. The molecule has 0 saturated heterocycles. The molecule has 2 aromatic carbocycles. The van der Waals surface area contributed by atoms with Gasteiger partial charge in [0, 0.05) is 17.9 Å². The van der Waals surface area contributed by atoms with E-state index >= 15 is 0 Å². The van der Waals surface area contributed by atoms with Gasteiger partial charge in [-0.3, -0.25) is 19.3 Å². The fraction of sp³-hybridized carbons (Fsp3) is 0.370. The van der Waals surface area contributed by atoms with Gasteiger partial charge in [-0.05, 0) is 54.2 Å². The Morgan fingerprint density at radius 1 is 1.12 bits per heavy atom. The molecule has 1 fully saturated rings. The summed E-state index contributed by atoms with van der Waals surface area (Å²) in [5, 5.41) is 0. The molecule has 10 nitrogen and oxygen atoms in total. The van der Waals surface area contributed by atoms with Crippen molar-refractivity contribution in [2.45, 2.75) is 30.3 Å². The lowest BCUT2D eigenvalue weighted by molar-refractivity contribution is -0.150. The molecule has 5 rings (SSSR count). The summed E-state index contributed by atoms with van der Waals surface area (Å²) >= 11 is 0. The van der Waals surface area contributed by atoms with Crippen LogP contribution in [0.1, 0.15) is 18.4 Å². The number of carbonyl (C=O) groups is 2. The second kappa shape index (κ2) is 10.4. The van der Waals surface area contributed by atoms with E-state index in [0.29, 0.717) is 12.0 Å². The average Bonchev–Trinajstić information content (AvgIpc) is 3.49. The SMILES string of the molecule is COC(=O)C1C2C=CC(C2)C1N(Cc1ccc(F)cc1)C(=O)CC1=Nc2ccc(NS(C)(=O)=O)cc2S(=O)(=O)C1. The standard InChI is InChI=1S/C27H28FN3O7S2/c1-38-27(33)25-17-5-6-18(11-17)26(25)31(14-16-3-7-19(28)8-4-16)24(32)13-21-15-40(36,37)23-12-20(30-39(2,34)35)9-10-22(23)29-21/h3-10,12,17-18,25-26,30H,11,13-15H2,1-2H3. The van der Waals surface area contributed by atoms with E-state index in [1.165, 1.54) is 37.4 Å². The normalized spacial score (nSPS) is 24.2. The zero-order valence-corrected chi connectivity index (χ0v) is 23.4. The molecule has 2 aliphatic carbocycles. The van der Waals surface area contributed by atoms with Gasteiger partial charge in [0.15, 0.2) is 9.84 Å². The quantitative estimate of drug-likeness (QED) is 0.369. The number of carbonyl (C=O) groups excluding carboxylic acids is 2. The molecule has 4 atom stereocenters. The number of halogens is 1. The molecule has 0 radical (unpaired) electrons. The van der Waals surface area contributed by atoms with Crippen LogP contribution in [0.25, 0.3) is 0 Å². The van der Waals surface area contributed by atoms with Crippen molar-refractivity contribution >= 4 is 48.8 Å². The van der Waals surface area contributed by atoms with Crippen LogP contribution in [0.2, 0.25) is 0 Å². The average molecular weight is 590 g/mol. The lowest BCUT2D eigenvalue weighted by Crippen LogP contribution is -2.49. The maximum atomic E-state index is 13.9. The molecule has 2 bridgehead atoms. The van der Waals surface area contributed by atoms with Crippen LogP contribution >= 0.6 is 0 Å². The van der Waals surface area contributed by atoms with Crippen molar-refractivity contribution in [2.24, 2.45) is 22.7 Å². The van der Waals surface area contributed by atoms with E-state index in [1.54, 1.807) is 17.0 Å². The van der Waals surface area contributed by atoms with Crippen LogP contribution in [0.15, 0.2) is 64.5 Å². The zero-order valence-electron chi connectivity index (χ0n) is 21.8. The minimum Gasteiger partial charge on any atom is -0.469 e. The van der Waals surface area contributed by atoms with Crippen molar-refractivity contribution in [3.63, 3.8) is 0 Å². The van der Waals surface area contributed by atoms with Gasteiger partial charge in [0.2, 0.25) is 15.9 Å². The van der Waals surface area contributed by atoms with Crippen LogP contribution in [-0.4, -0.2) is 64.5 Å². The topological polar surface area (TPSA) is 139 Å². The molecule has 3 aliphatic rings. The molecule has 13 heteroatoms. The number of nitrogens with one attached hydrogen (secondary N) is 1. The third kappa shape index (κ3) is 5.66. The molecule has 0 aromatic heterocycles. The Bertz CT molecular complexity index is 1640. The van der Waals surface area contributed by atoms with Crippen molar-refractivity contribution in [1.82, 2.24) is 4.90 Å². The van der Waals surface area contributed by atoms with Crippen molar-refractivity contribution in [3.05, 3.63) is 66.0 Å². The predicted octanol–water partition coefficient (Wildman–Crippen LogP) is 2.84.